The highest BCUT2D eigenvalue weighted by molar-refractivity contribution is 14.0. The minimum atomic E-state index is -2.96. The summed E-state index contributed by atoms with van der Waals surface area (Å²) in [4.78, 5) is 6.29. The molecule has 0 bridgehead atoms. The number of ether oxygens (including phenoxy) is 1. The van der Waals surface area contributed by atoms with Crippen LogP contribution >= 0.6 is 24.0 Å². The molecule has 6 nitrogen and oxygen atoms in total. The van der Waals surface area contributed by atoms with Gasteiger partial charge in [0.25, 0.3) is 0 Å². The highest BCUT2D eigenvalue weighted by Crippen LogP contribution is 2.28. The molecule has 1 aliphatic rings. The predicted octanol–water partition coefficient (Wildman–Crippen LogP) is 0.973. The van der Waals surface area contributed by atoms with Gasteiger partial charge in [-0.25, -0.2) is 8.42 Å². The van der Waals surface area contributed by atoms with E-state index in [2.05, 4.69) is 10.3 Å². The van der Waals surface area contributed by atoms with Crippen LogP contribution in [-0.4, -0.2) is 71.2 Å². The van der Waals surface area contributed by atoms with Crippen LogP contribution in [-0.2, 0) is 14.6 Å². The second-order valence-corrected chi connectivity index (χ2v) is 7.57. The SMILES string of the molecule is CCNC(=NCCS(C)(=O)=O)N(C)CCOCC1CC1.I. The molecule has 21 heavy (non-hydrogen) atoms. The van der Waals surface area contributed by atoms with Crippen LogP contribution in [0.5, 0.6) is 0 Å². The zero-order chi connectivity index (χ0) is 15.0. The molecule has 0 atom stereocenters. The van der Waals surface area contributed by atoms with Crippen LogP contribution < -0.4 is 5.32 Å². The average molecular weight is 433 g/mol. The first kappa shape index (κ1) is 20.9. The Morgan fingerprint density at radius 2 is 2.10 bits per heavy atom. The van der Waals surface area contributed by atoms with Crippen molar-refractivity contribution in [2.75, 3.05) is 51.9 Å². The van der Waals surface area contributed by atoms with E-state index in [0.29, 0.717) is 6.61 Å². The fraction of sp³-hybridized carbons (Fsp3) is 0.923. The summed E-state index contributed by atoms with van der Waals surface area (Å²) in [6.45, 7) is 5.31. The number of nitrogens with zero attached hydrogens (tertiary/aromatic N) is 2. The monoisotopic (exact) mass is 433 g/mol. The maximum atomic E-state index is 11.1. The highest BCUT2D eigenvalue weighted by atomic mass is 127. The maximum Gasteiger partial charge on any atom is 0.193 e. The molecular weight excluding hydrogens is 405 g/mol. The van der Waals surface area contributed by atoms with Crippen molar-refractivity contribution in [1.82, 2.24) is 10.2 Å². The molecule has 0 saturated heterocycles. The molecule has 126 valence electrons. The van der Waals surface area contributed by atoms with E-state index in [0.717, 1.165) is 31.6 Å². The Morgan fingerprint density at radius 3 is 2.62 bits per heavy atom. The average Bonchev–Trinajstić information content (AvgIpc) is 3.16. The summed E-state index contributed by atoms with van der Waals surface area (Å²) in [5.41, 5.74) is 0. The number of guanidine groups is 1. The summed E-state index contributed by atoms with van der Waals surface area (Å²) in [5, 5.41) is 3.16. The fourth-order valence-electron chi connectivity index (χ4n) is 1.63. The number of sulfone groups is 1. The van der Waals surface area contributed by atoms with E-state index in [1.807, 2.05) is 18.9 Å². The highest BCUT2D eigenvalue weighted by Gasteiger charge is 2.21. The molecule has 0 heterocycles. The van der Waals surface area contributed by atoms with Gasteiger partial charge in [-0.05, 0) is 25.7 Å². The van der Waals surface area contributed by atoms with E-state index in [9.17, 15) is 8.42 Å². The van der Waals surface area contributed by atoms with Gasteiger partial charge < -0.3 is 15.0 Å². The van der Waals surface area contributed by atoms with Gasteiger partial charge in [-0.2, -0.15) is 0 Å². The smallest absolute Gasteiger partial charge is 0.193 e. The van der Waals surface area contributed by atoms with Gasteiger partial charge in [0.15, 0.2) is 5.96 Å². The Morgan fingerprint density at radius 1 is 1.43 bits per heavy atom. The molecule has 0 aromatic carbocycles. The quantitative estimate of drug-likeness (QED) is 0.254. The topological polar surface area (TPSA) is 71.0 Å². The normalized spacial score (nSPS) is 15.5. The van der Waals surface area contributed by atoms with Gasteiger partial charge in [-0.1, -0.05) is 0 Å². The first-order valence-corrected chi connectivity index (χ1v) is 9.23. The molecule has 1 fully saturated rings. The second kappa shape index (κ2) is 10.6. The third-order valence-electron chi connectivity index (χ3n) is 3.04. The van der Waals surface area contributed by atoms with Gasteiger partial charge in [0.2, 0.25) is 0 Å². The second-order valence-electron chi connectivity index (χ2n) is 5.31. The molecule has 1 aliphatic carbocycles. The van der Waals surface area contributed by atoms with Crippen LogP contribution in [0.4, 0.5) is 0 Å². The standard InChI is InChI=1S/C13H27N3O3S.HI/c1-4-14-13(15-7-10-20(3,17)18)16(2)8-9-19-11-12-5-6-12;/h12H,4-11H2,1-3H3,(H,14,15);1H. The molecule has 0 aromatic rings. The zero-order valence-electron chi connectivity index (χ0n) is 13.2. The van der Waals surface area contributed by atoms with Gasteiger partial charge in [-0.3, -0.25) is 4.99 Å². The van der Waals surface area contributed by atoms with Crippen molar-refractivity contribution >= 4 is 39.8 Å². The van der Waals surface area contributed by atoms with Crippen LogP contribution in [0.25, 0.3) is 0 Å². The van der Waals surface area contributed by atoms with Gasteiger partial charge >= 0.3 is 0 Å². The molecule has 0 radical (unpaired) electrons. The van der Waals surface area contributed by atoms with Crippen molar-refractivity contribution < 1.29 is 13.2 Å². The minimum absolute atomic E-state index is 0. The number of likely N-dealkylation sites (N-methyl/N-ethyl adjacent to an activating group) is 1. The Kier molecular flexibility index (Phi) is 10.6. The molecule has 0 aromatic heterocycles. The van der Waals surface area contributed by atoms with Crippen molar-refractivity contribution in [2.24, 2.45) is 10.9 Å². The number of nitrogens with one attached hydrogen (secondary N) is 1. The van der Waals surface area contributed by atoms with Crippen molar-refractivity contribution in [3.05, 3.63) is 0 Å². The van der Waals surface area contributed by atoms with Crippen LogP contribution in [0, 0.1) is 5.92 Å². The minimum Gasteiger partial charge on any atom is -0.379 e. The van der Waals surface area contributed by atoms with Gasteiger partial charge in [0, 0.05) is 33.0 Å². The molecule has 1 N–H and O–H groups in total. The summed E-state index contributed by atoms with van der Waals surface area (Å²) in [6, 6.07) is 0. The number of aliphatic imine (C=N–C) groups is 1. The molecule has 0 unspecified atom stereocenters. The fourth-order valence-corrected chi connectivity index (χ4v) is 2.05. The van der Waals surface area contributed by atoms with Crippen molar-refractivity contribution in [1.29, 1.82) is 0 Å². The van der Waals surface area contributed by atoms with E-state index in [1.165, 1.54) is 19.1 Å². The summed E-state index contributed by atoms with van der Waals surface area (Å²) in [7, 11) is -1.03. The largest absolute Gasteiger partial charge is 0.379 e. The number of rotatable bonds is 9. The van der Waals surface area contributed by atoms with E-state index in [4.69, 9.17) is 4.74 Å². The zero-order valence-corrected chi connectivity index (χ0v) is 16.3. The van der Waals surface area contributed by atoms with Gasteiger partial charge in [-0.15, -0.1) is 24.0 Å². The Labute approximate surface area is 145 Å². The molecule has 0 aliphatic heterocycles. The first-order chi connectivity index (χ1) is 9.42. The summed E-state index contributed by atoms with van der Waals surface area (Å²) in [5.74, 6) is 1.58. The van der Waals surface area contributed by atoms with Crippen LogP contribution in [0.2, 0.25) is 0 Å². The van der Waals surface area contributed by atoms with Gasteiger partial charge in [0.1, 0.15) is 9.84 Å². The maximum absolute atomic E-state index is 11.1. The van der Waals surface area contributed by atoms with Crippen molar-refractivity contribution in [2.45, 2.75) is 19.8 Å². The molecule has 1 saturated carbocycles. The van der Waals surface area contributed by atoms with Crippen LogP contribution in [0.15, 0.2) is 4.99 Å². The Hall–Kier alpha value is -0.0900. The Bertz CT molecular complexity index is 411. The summed E-state index contributed by atoms with van der Waals surface area (Å²) >= 11 is 0. The molecule has 0 amide bonds. The van der Waals surface area contributed by atoms with Crippen molar-refractivity contribution in [3.8, 4) is 0 Å². The summed E-state index contributed by atoms with van der Waals surface area (Å²) in [6.07, 6.45) is 3.82. The van der Waals surface area contributed by atoms with E-state index >= 15 is 0 Å². The van der Waals surface area contributed by atoms with E-state index < -0.39 is 9.84 Å². The summed E-state index contributed by atoms with van der Waals surface area (Å²) < 4.78 is 27.8. The van der Waals surface area contributed by atoms with E-state index in [-0.39, 0.29) is 36.3 Å². The molecular formula is C13H28IN3O3S. The van der Waals surface area contributed by atoms with Crippen molar-refractivity contribution in [3.63, 3.8) is 0 Å². The van der Waals surface area contributed by atoms with E-state index in [1.54, 1.807) is 0 Å². The van der Waals surface area contributed by atoms with Crippen LogP contribution in [0.1, 0.15) is 19.8 Å². The number of hydrogen-bond acceptors (Lipinski definition) is 4. The lowest BCUT2D eigenvalue weighted by atomic mass is 10.5. The molecule has 0 spiro atoms. The first-order valence-electron chi connectivity index (χ1n) is 7.17. The van der Waals surface area contributed by atoms with Gasteiger partial charge in [0.05, 0.1) is 18.9 Å². The lowest BCUT2D eigenvalue weighted by Gasteiger charge is -2.22. The number of halogens is 1. The number of hydrogen-bond donors (Lipinski definition) is 1. The lowest BCUT2D eigenvalue weighted by Crippen LogP contribution is -2.40. The molecule has 8 heteroatoms. The third kappa shape index (κ3) is 11.2. The van der Waals surface area contributed by atoms with Crippen LogP contribution in [0.3, 0.4) is 0 Å². The molecule has 1 rings (SSSR count). The third-order valence-corrected chi connectivity index (χ3v) is 3.97. The predicted molar refractivity (Wildman–Crippen MR) is 97.3 cm³/mol. The Balaban J connectivity index is 0.00000400. The lowest BCUT2D eigenvalue weighted by molar-refractivity contribution is 0.115.